The largest absolute Gasteiger partial charge is 0.497 e. The van der Waals surface area contributed by atoms with Gasteiger partial charge in [0.25, 0.3) is 5.56 Å². The van der Waals surface area contributed by atoms with Crippen LogP contribution in [0.1, 0.15) is 24.2 Å². The Morgan fingerprint density at radius 3 is 2.68 bits per heavy atom. The summed E-state index contributed by atoms with van der Waals surface area (Å²) >= 11 is 0. The van der Waals surface area contributed by atoms with Gasteiger partial charge in [-0.25, -0.2) is 14.2 Å². The molecule has 0 aliphatic rings. The summed E-state index contributed by atoms with van der Waals surface area (Å²) in [5.41, 5.74) is 5.77. The van der Waals surface area contributed by atoms with Crippen molar-refractivity contribution in [3.63, 3.8) is 0 Å². The van der Waals surface area contributed by atoms with Gasteiger partial charge in [0, 0.05) is 23.6 Å². The van der Waals surface area contributed by atoms with Gasteiger partial charge in [0.15, 0.2) is 5.65 Å². The number of H-pyrrole nitrogens is 1. The molecular weight excluding hydrogens is 392 g/mol. The average molecular weight is 414 g/mol. The van der Waals surface area contributed by atoms with Crippen LogP contribution in [-0.2, 0) is 6.42 Å². The number of aromatic nitrogens is 6. The molecule has 5 aromatic rings. The number of rotatable bonds is 5. The van der Waals surface area contributed by atoms with E-state index in [9.17, 15) is 4.79 Å². The predicted octanol–water partition coefficient (Wildman–Crippen LogP) is 3.56. The minimum Gasteiger partial charge on any atom is -0.497 e. The van der Waals surface area contributed by atoms with Gasteiger partial charge >= 0.3 is 0 Å². The molecule has 3 aromatic heterocycles. The number of hydrogen-bond donors (Lipinski definition) is 1. The van der Waals surface area contributed by atoms with Crippen molar-refractivity contribution in [2.75, 3.05) is 7.11 Å². The van der Waals surface area contributed by atoms with Gasteiger partial charge in [-0.15, -0.1) is 5.10 Å². The maximum absolute atomic E-state index is 12.8. The molecule has 1 N–H and O–H groups in total. The highest BCUT2D eigenvalue weighted by atomic mass is 16.5. The van der Waals surface area contributed by atoms with Crippen LogP contribution in [0.5, 0.6) is 5.75 Å². The Morgan fingerprint density at radius 2 is 1.90 bits per heavy atom. The molecule has 0 aliphatic carbocycles. The Labute approximate surface area is 178 Å². The molecule has 156 valence electrons. The Bertz CT molecular complexity index is 1450. The second-order valence-electron chi connectivity index (χ2n) is 7.66. The molecule has 8 heteroatoms. The molecule has 0 fully saturated rings. The lowest BCUT2D eigenvalue weighted by molar-refractivity contribution is 0.415. The Morgan fingerprint density at radius 1 is 1.13 bits per heavy atom. The number of aryl methyl sites for hydroxylation is 1. The van der Waals surface area contributed by atoms with E-state index >= 15 is 0 Å². The lowest BCUT2D eigenvalue weighted by Gasteiger charge is -2.12. The van der Waals surface area contributed by atoms with Gasteiger partial charge in [0.1, 0.15) is 11.3 Å². The van der Waals surface area contributed by atoms with Crippen LogP contribution >= 0.6 is 0 Å². The third-order valence-corrected chi connectivity index (χ3v) is 5.58. The summed E-state index contributed by atoms with van der Waals surface area (Å²) in [4.78, 5) is 17.6. The summed E-state index contributed by atoms with van der Waals surface area (Å²) in [5.74, 6) is 0.782. The third-order valence-electron chi connectivity index (χ3n) is 5.58. The number of benzene rings is 2. The molecule has 0 bridgehead atoms. The smallest absolute Gasteiger partial charge is 0.272 e. The van der Waals surface area contributed by atoms with Gasteiger partial charge in [-0.05, 0) is 50.2 Å². The highest BCUT2D eigenvalue weighted by molar-refractivity contribution is 5.74. The van der Waals surface area contributed by atoms with E-state index in [4.69, 9.17) is 9.72 Å². The molecule has 0 aliphatic heterocycles. The van der Waals surface area contributed by atoms with E-state index in [2.05, 4.69) is 22.3 Å². The molecule has 1 atom stereocenters. The summed E-state index contributed by atoms with van der Waals surface area (Å²) in [6.45, 7) is 4.02. The van der Waals surface area contributed by atoms with Crippen LogP contribution in [0, 0.1) is 6.92 Å². The highest BCUT2D eigenvalue weighted by Gasteiger charge is 2.17. The molecule has 0 saturated heterocycles. The molecule has 1 unspecified atom stereocenters. The minimum atomic E-state index is -0.140. The quantitative estimate of drug-likeness (QED) is 0.475. The third kappa shape index (κ3) is 3.26. The van der Waals surface area contributed by atoms with Crippen molar-refractivity contribution in [3.05, 3.63) is 76.2 Å². The molecule has 0 radical (unpaired) electrons. The van der Waals surface area contributed by atoms with Crippen LogP contribution in [0.25, 0.3) is 27.9 Å². The second-order valence-corrected chi connectivity index (χ2v) is 7.66. The second kappa shape index (κ2) is 7.39. The average Bonchev–Trinajstić information content (AvgIpc) is 3.36. The maximum Gasteiger partial charge on any atom is 0.272 e. The van der Waals surface area contributed by atoms with Crippen molar-refractivity contribution in [1.82, 2.24) is 29.6 Å². The lowest BCUT2D eigenvalue weighted by Crippen LogP contribution is -2.18. The van der Waals surface area contributed by atoms with Gasteiger partial charge in [-0.3, -0.25) is 9.89 Å². The number of fused-ring (bicyclic) bond motifs is 2. The molecule has 0 saturated carbocycles. The fourth-order valence-electron chi connectivity index (χ4n) is 3.94. The standard InChI is InChI=1S/C23H22N6O2/c1-14(28-20-7-5-4-6-19(20)25-27-28)12-17-13-21(30)29-23(24-17)15(2)22(26-29)16-8-10-18(31-3)11-9-16/h4-11,13-14,26H,12H2,1-3H3. The van der Waals surface area contributed by atoms with E-state index in [1.54, 1.807) is 13.2 Å². The van der Waals surface area contributed by atoms with Gasteiger partial charge in [-0.1, -0.05) is 17.3 Å². The number of aromatic amines is 1. The van der Waals surface area contributed by atoms with Crippen LogP contribution < -0.4 is 10.3 Å². The summed E-state index contributed by atoms with van der Waals surface area (Å²) in [6.07, 6.45) is 0.571. The molecule has 2 aromatic carbocycles. The van der Waals surface area contributed by atoms with Crippen LogP contribution in [0.15, 0.2) is 59.4 Å². The van der Waals surface area contributed by atoms with E-state index in [0.717, 1.165) is 39.3 Å². The van der Waals surface area contributed by atoms with Crippen LogP contribution in [0.2, 0.25) is 0 Å². The zero-order chi connectivity index (χ0) is 21.5. The number of hydrogen-bond acceptors (Lipinski definition) is 5. The molecular formula is C23H22N6O2. The van der Waals surface area contributed by atoms with Crippen molar-refractivity contribution >= 4 is 16.7 Å². The molecule has 3 heterocycles. The van der Waals surface area contributed by atoms with Gasteiger partial charge < -0.3 is 4.74 Å². The van der Waals surface area contributed by atoms with Gasteiger partial charge in [0.05, 0.1) is 30.1 Å². The predicted molar refractivity (Wildman–Crippen MR) is 118 cm³/mol. The van der Waals surface area contributed by atoms with Crippen molar-refractivity contribution in [3.8, 4) is 17.0 Å². The SMILES string of the molecule is COc1ccc(-c2[nH]n3c(=O)cc(CC(C)n4nnc5ccccc54)nc3c2C)cc1. The molecule has 5 rings (SSSR count). The first kappa shape index (κ1) is 19.0. The molecule has 0 spiro atoms. The Kier molecular flexibility index (Phi) is 4.54. The monoisotopic (exact) mass is 414 g/mol. The number of nitrogens with zero attached hydrogens (tertiary/aromatic N) is 5. The Hall–Kier alpha value is -3.94. The summed E-state index contributed by atoms with van der Waals surface area (Å²) in [7, 11) is 1.64. The van der Waals surface area contributed by atoms with Crippen molar-refractivity contribution in [1.29, 1.82) is 0 Å². The maximum atomic E-state index is 12.8. The number of para-hydroxylation sites is 1. The first-order chi connectivity index (χ1) is 15.0. The Balaban J connectivity index is 1.51. The van der Waals surface area contributed by atoms with E-state index < -0.39 is 0 Å². The number of nitrogens with one attached hydrogen (secondary N) is 1. The van der Waals surface area contributed by atoms with Crippen LogP contribution in [0.4, 0.5) is 0 Å². The zero-order valence-electron chi connectivity index (χ0n) is 17.5. The minimum absolute atomic E-state index is 0.00190. The van der Waals surface area contributed by atoms with E-state index in [1.165, 1.54) is 4.52 Å². The first-order valence-corrected chi connectivity index (χ1v) is 10.1. The van der Waals surface area contributed by atoms with Crippen molar-refractivity contribution in [2.24, 2.45) is 0 Å². The molecule has 8 nitrogen and oxygen atoms in total. The fraction of sp³-hybridized carbons (Fsp3) is 0.217. The van der Waals surface area contributed by atoms with E-state index in [-0.39, 0.29) is 11.6 Å². The lowest BCUT2D eigenvalue weighted by atomic mass is 10.1. The highest BCUT2D eigenvalue weighted by Crippen LogP contribution is 2.26. The van der Waals surface area contributed by atoms with Crippen molar-refractivity contribution < 1.29 is 4.74 Å². The number of methoxy groups -OCH3 is 1. The first-order valence-electron chi connectivity index (χ1n) is 10.1. The van der Waals surface area contributed by atoms with Gasteiger partial charge in [0.2, 0.25) is 0 Å². The molecule has 0 amide bonds. The zero-order valence-corrected chi connectivity index (χ0v) is 17.5. The van der Waals surface area contributed by atoms with Crippen LogP contribution in [0.3, 0.4) is 0 Å². The van der Waals surface area contributed by atoms with Gasteiger partial charge in [-0.2, -0.15) is 0 Å². The summed E-state index contributed by atoms with van der Waals surface area (Å²) < 4.78 is 8.61. The summed E-state index contributed by atoms with van der Waals surface area (Å²) in [5, 5.41) is 11.7. The fourth-order valence-corrected chi connectivity index (χ4v) is 3.94. The van der Waals surface area contributed by atoms with Crippen molar-refractivity contribution in [2.45, 2.75) is 26.3 Å². The van der Waals surface area contributed by atoms with E-state index in [1.807, 2.05) is 60.1 Å². The van der Waals surface area contributed by atoms with E-state index in [0.29, 0.717) is 12.1 Å². The normalized spacial score (nSPS) is 12.5. The molecule has 31 heavy (non-hydrogen) atoms. The topological polar surface area (TPSA) is 90.1 Å². The van der Waals surface area contributed by atoms with Crippen LogP contribution in [-0.4, -0.2) is 36.7 Å². The number of ether oxygens (including phenoxy) is 1. The summed E-state index contributed by atoms with van der Waals surface area (Å²) in [6, 6.07) is 17.1.